The number of aromatic nitrogens is 1. The van der Waals surface area contributed by atoms with Gasteiger partial charge in [0.1, 0.15) is 22.8 Å². The van der Waals surface area contributed by atoms with Crippen molar-refractivity contribution in [2.24, 2.45) is 4.99 Å². The first-order valence-corrected chi connectivity index (χ1v) is 12.0. The third-order valence-corrected chi connectivity index (χ3v) is 5.52. The predicted octanol–water partition coefficient (Wildman–Crippen LogP) is 6.98. The first-order valence-electron chi connectivity index (χ1n) is 12.0. The lowest BCUT2D eigenvalue weighted by Gasteiger charge is -2.07. The highest BCUT2D eigenvalue weighted by atomic mass is 19.5. The van der Waals surface area contributed by atoms with Crippen LogP contribution in [0.15, 0.2) is 107 Å². The van der Waals surface area contributed by atoms with Gasteiger partial charge in [0.2, 0.25) is 0 Å². The molecule has 0 bridgehead atoms. The average molecular weight is 550 g/mol. The van der Waals surface area contributed by atoms with Crippen LogP contribution in [0.2, 0.25) is 0 Å². The van der Waals surface area contributed by atoms with E-state index < -0.39 is 13.2 Å². The van der Waals surface area contributed by atoms with Gasteiger partial charge in [-0.1, -0.05) is 11.6 Å². The molecule has 0 unspecified atom stereocenters. The molecule has 11 heteroatoms. The molecule has 0 aliphatic carbocycles. The molecule has 0 atom stereocenters. The lowest BCUT2D eigenvalue weighted by Crippen LogP contribution is -2.10. The van der Waals surface area contributed by atoms with E-state index in [1.807, 2.05) is 61.5 Å². The smallest absolute Gasteiger partial charge is 0.497 e. The molecule has 3 aromatic carbocycles. The minimum absolute atomic E-state index is 0.418. The van der Waals surface area contributed by atoms with Crippen LogP contribution in [0.1, 0.15) is 15.9 Å². The number of aryl methyl sites for hydroxylation is 1. The number of nitrogens with one attached hydrogen (secondary N) is 1. The van der Waals surface area contributed by atoms with Crippen LogP contribution in [0.4, 0.5) is 23.0 Å². The lowest BCUT2D eigenvalue weighted by molar-refractivity contribution is -0.378. The SMILES string of the molecule is COc1ccc(-c2cc(=Nc3ccc(OC(=O)c4cc[nH+]cc4)cc3)c3cc(C)ccc3o2)cc1.F[B-](F)(F)F. The molecule has 0 fully saturated rings. The minimum Gasteiger partial charge on any atom is -0.497 e. The molecule has 5 rings (SSSR count). The van der Waals surface area contributed by atoms with Gasteiger partial charge >= 0.3 is 13.2 Å². The molecular formula is C29H23BF4N2O4. The Kier molecular flexibility index (Phi) is 8.63. The summed E-state index contributed by atoms with van der Waals surface area (Å²) >= 11 is 0. The fraction of sp³-hybridized carbons (Fsp3) is 0.0690. The van der Waals surface area contributed by atoms with E-state index in [2.05, 4.69) is 11.1 Å². The molecule has 0 saturated carbocycles. The molecule has 40 heavy (non-hydrogen) atoms. The van der Waals surface area contributed by atoms with Crippen LogP contribution in [0.5, 0.6) is 11.5 Å². The van der Waals surface area contributed by atoms with Crippen LogP contribution in [0, 0.1) is 6.92 Å². The summed E-state index contributed by atoms with van der Waals surface area (Å²) in [7, 11) is -4.36. The molecule has 0 radical (unpaired) electrons. The number of benzene rings is 3. The number of rotatable bonds is 5. The molecule has 5 aromatic rings. The normalized spacial score (nSPS) is 11.5. The van der Waals surface area contributed by atoms with Gasteiger partial charge in [0.05, 0.1) is 23.7 Å². The quantitative estimate of drug-likeness (QED) is 0.102. The number of halogens is 4. The van der Waals surface area contributed by atoms with Gasteiger partial charge in [-0.05, 0) is 67.6 Å². The zero-order valence-corrected chi connectivity index (χ0v) is 21.4. The lowest BCUT2D eigenvalue weighted by atomic mass is 10.1. The standard InChI is InChI=1S/C29H22N2O4.BF4/c1-19-3-12-27-25(17-19)26(18-28(35-27)20-4-8-23(33-2)9-5-20)31-22-6-10-24(11-7-22)34-29(32)21-13-15-30-16-14-21;2-1(3,4)5/h3-18H,1-2H3;/q;-1/p+1. The number of carbonyl (C=O) groups is 1. The third kappa shape index (κ3) is 7.79. The van der Waals surface area contributed by atoms with Crippen molar-refractivity contribution in [2.45, 2.75) is 6.92 Å². The van der Waals surface area contributed by atoms with Gasteiger partial charge in [-0.25, -0.2) is 14.8 Å². The maximum atomic E-state index is 12.3. The van der Waals surface area contributed by atoms with Crippen molar-refractivity contribution >= 4 is 29.9 Å². The Balaban J connectivity index is 0.000000681. The Labute approximate surface area is 226 Å². The van der Waals surface area contributed by atoms with E-state index in [4.69, 9.17) is 18.9 Å². The summed E-state index contributed by atoms with van der Waals surface area (Å²) in [6.45, 7) is 2.04. The Hall–Kier alpha value is -4.93. The van der Waals surface area contributed by atoms with Crippen molar-refractivity contribution in [2.75, 3.05) is 7.11 Å². The van der Waals surface area contributed by atoms with Gasteiger partial charge < -0.3 is 31.2 Å². The van der Waals surface area contributed by atoms with E-state index in [1.165, 1.54) is 0 Å². The summed E-state index contributed by atoms with van der Waals surface area (Å²) in [6, 6.07) is 26.1. The van der Waals surface area contributed by atoms with Gasteiger partial charge in [0.25, 0.3) is 0 Å². The Morgan fingerprint density at radius 1 is 0.850 bits per heavy atom. The minimum atomic E-state index is -6.00. The number of methoxy groups -OCH3 is 1. The van der Waals surface area contributed by atoms with Gasteiger partial charge in [-0.2, -0.15) is 0 Å². The van der Waals surface area contributed by atoms with Crippen LogP contribution in [0.3, 0.4) is 0 Å². The molecule has 0 spiro atoms. The van der Waals surface area contributed by atoms with Crippen molar-refractivity contribution in [1.29, 1.82) is 0 Å². The molecule has 6 nitrogen and oxygen atoms in total. The number of pyridine rings is 1. The summed E-state index contributed by atoms with van der Waals surface area (Å²) in [5.74, 6) is 1.51. The highest BCUT2D eigenvalue weighted by molar-refractivity contribution is 6.50. The van der Waals surface area contributed by atoms with Crippen molar-refractivity contribution < 1.29 is 40.9 Å². The second-order valence-corrected chi connectivity index (χ2v) is 8.50. The van der Waals surface area contributed by atoms with Crippen molar-refractivity contribution in [3.8, 4) is 22.8 Å². The summed E-state index contributed by atoms with van der Waals surface area (Å²) < 4.78 is 55.9. The van der Waals surface area contributed by atoms with Crippen molar-refractivity contribution in [3.05, 3.63) is 114 Å². The second kappa shape index (κ2) is 12.3. The van der Waals surface area contributed by atoms with Gasteiger partial charge in [-0.3, -0.25) is 0 Å². The number of esters is 1. The van der Waals surface area contributed by atoms with E-state index in [0.29, 0.717) is 17.1 Å². The van der Waals surface area contributed by atoms with E-state index in [-0.39, 0.29) is 0 Å². The maximum Gasteiger partial charge on any atom is 0.673 e. The molecular weight excluding hydrogens is 527 g/mol. The van der Waals surface area contributed by atoms with Crippen LogP contribution < -0.4 is 19.8 Å². The predicted molar refractivity (Wildman–Crippen MR) is 143 cm³/mol. The highest BCUT2D eigenvalue weighted by Gasteiger charge is 2.20. The summed E-state index contributed by atoms with van der Waals surface area (Å²) in [6.07, 6.45) is 3.36. The first kappa shape index (κ1) is 28.1. The van der Waals surface area contributed by atoms with E-state index >= 15 is 0 Å². The maximum absolute atomic E-state index is 12.3. The third-order valence-electron chi connectivity index (χ3n) is 5.52. The van der Waals surface area contributed by atoms with Gasteiger partial charge in [0.15, 0.2) is 12.4 Å². The Bertz CT molecular complexity index is 1670. The number of hydrogen-bond donors (Lipinski definition) is 0. The number of ether oxygens (including phenoxy) is 2. The fourth-order valence-electron chi connectivity index (χ4n) is 3.69. The zero-order valence-electron chi connectivity index (χ0n) is 21.4. The number of carbonyl (C=O) groups excluding carboxylic acids is 1. The summed E-state index contributed by atoms with van der Waals surface area (Å²) in [5.41, 5.74) is 3.98. The number of H-pyrrole nitrogens is 1. The molecule has 1 N–H and O–H groups in total. The number of fused-ring (bicyclic) bond motifs is 1. The highest BCUT2D eigenvalue weighted by Crippen LogP contribution is 2.26. The van der Waals surface area contributed by atoms with Crippen molar-refractivity contribution in [3.63, 3.8) is 0 Å². The molecule has 0 aliphatic rings. The second-order valence-electron chi connectivity index (χ2n) is 8.50. The topological polar surface area (TPSA) is 75.2 Å². The molecule has 0 aliphatic heterocycles. The van der Waals surface area contributed by atoms with Crippen LogP contribution in [-0.4, -0.2) is 20.3 Å². The molecule has 0 saturated heterocycles. The summed E-state index contributed by atoms with van der Waals surface area (Å²) in [5, 5.41) is 1.70. The van der Waals surface area contributed by atoms with Gasteiger partial charge in [0, 0.05) is 29.1 Å². The van der Waals surface area contributed by atoms with Crippen LogP contribution >= 0.6 is 0 Å². The molecule has 2 aromatic heterocycles. The first-order chi connectivity index (χ1) is 19.1. The van der Waals surface area contributed by atoms with Gasteiger partial charge in [-0.15, -0.1) is 0 Å². The van der Waals surface area contributed by atoms with E-state index in [9.17, 15) is 22.1 Å². The van der Waals surface area contributed by atoms with Crippen LogP contribution in [-0.2, 0) is 0 Å². The van der Waals surface area contributed by atoms with E-state index in [0.717, 1.165) is 38.9 Å². The zero-order chi connectivity index (χ0) is 28.7. The molecule has 0 amide bonds. The summed E-state index contributed by atoms with van der Waals surface area (Å²) in [4.78, 5) is 20.1. The Morgan fingerprint density at radius 3 is 2.10 bits per heavy atom. The largest absolute Gasteiger partial charge is 0.673 e. The molecule has 2 heterocycles. The monoisotopic (exact) mass is 550 g/mol. The van der Waals surface area contributed by atoms with Crippen molar-refractivity contribution in [1.82, 2.24) is 0 Å². The number of aromatic amines is 1. The number of nitrogens with zero attached hydrogens (tertiary/aromatic N) is 1. The Morgan fingerprint density at radius 2 is 1.48 bits per heavy atom. The number of hydrogen-bond acceptors (Lipinski definition) is 5. The van der Waals surface area contributed by atoms with E-state index in [1.54, 1.807) is 43.8 Å². The molecule has 204 valence electrons. The average Bonchev–Trinajstić information content (AvgIpc) is 2.94. The fourth-order valence-corrected chi connectivity index (χ4v) is 3.69. The van der Waals surface area contributed by atoms with Crippen LogP contribution in [0.25, 0.3) is 22.3 Å².